The summed E-state index contributed by atoms with van der Waals surface area (Å²) in [6.45, 7) is 2.93. The van der Waals surface area contributed by atoms with E-state index in [1.165, 1.54) is 11.3 Å². The molecule has 23 heavy (non-hydrogen) atoms. The van der Waals surface area contributed by atoms with Crippen LogP contribution in [0.3, 0.4) is 0 Å². The summed E-state index contributed by atoms with van der Waals surface area (Å²) < 4.78 is 10.7. The van der Waals surface area contributed by atoms with Crippen LogP contribution in [0.5, 0.6) is 0 Å². The first-order valence-corrected chi connectivity index (χ1v) is 8.96. The molecule has 3 heterocycles. The summed E-state index contributed by atoms with van der Waals surface area (Å²) in [7, 11) is 0. The van der Waals surface area contributed by atoms with Gasteiger partial charge < -0.3 is 14.5 Å². The number of ether oxygens (including phenoxy) is 1. The maximum Gasteiger partial charge on any atom is 0.226 e. The first kappa shape index (κ1) is 16.2. The van der Waals surface area contributed by atoms with E-state index in [4.69, 9.17) is 9.15 Å². The molecule has 0 aromatic carbocycles. The highest BCUT2D eigenvalue weighted by Crippen LogP contribution is 2.24. The summed E-state index contributed by atoms with van der Waals surface area (Å²) in [5, 5.41) is 5.86. The Morgan fingerprint density at radius 1 is 1.57 bits per heavy atom. The van der Waals surface area contributed by atoms with E-state index in [-0.39, 0.29) is 11.9 Å². The van der Waals surface area contributed by atoms with Gasteiger partial charge in [-0.15, -0.1) is 11.3 Å². The van der Waals surface area contributed by atoms with Crippen LogP contribution in [0.15, 0.2) is 28.4 Å². The maximum absolute atomic E-state index is 12.1. The molecule has 5 nitrogen and oxygen atoms in total. The van der Waals surface area contributed by atoms with Crippen LogP contribution in [0.4, 0.5) is 0 Å². The van der Waals surface area contributed by atoms with Crippen molar-refractivity contribution in [1.29, 1.82) is 0 Å². The van der Waals surface area contributed by atoms with Gasteiger partial charge in [0.15, 0.2) is 0 Å². The second-order valence-electron chi connectivity index (χ2n) is 6.01. The van der Waals surface area contributed by atoms with E-state index in [1.54, 1.807) is 12.5 Å². The van der Waals surface area contributed by atoms with Crippen LogP contribution in [0.2, 0.25) is 0 Å². The Kier molecular flexibility index (Phi) is 5.46. The molecule has 1 aliphatic rings. The van der Waals surface area contributed by atoms with E-state index in [0.29, 0.717) is 12.5 Å². The Balaban J connectivity index is 1.43. The normalized spacial score (nSPS) is 18.9. The zero-order valence-electron chi connectivity index (χ0n) is 13.3. The van der Waals surface area contributed by atoms with Gasteiger partial charge in [0.25, 0.3) is 0 Å². The zero-order chi connectivity index (χ0) is 16.1. The van der Waals surface area contributed by atoms with Crippen LogP contribution < -0.4 is 5.32 Å². The van der Waals surface area contributed by atoms with Gasteiger partial charge in [-0.3, -0.25) is 4.79 Å². The molecule has 124 valence electrons. The number of aromatic nitrogens is 1. The monoisotopic (exact) mass is 334 g/mol. The molecule has 1 fully saturated rings. The first-order valence-electron chi connectivity index (χ1n) is 8.08. The van der Waals surface area contributed by atoms with Crippen molar-refractivity contribution >= 4 is 17.2 Å². The summed E-state index contributed by atoms with van der Waals surface area (Å²) in [6.07, 6.45) is 8.26. The van der Waals surface area contributed by atoms with Crippen molar-refractivity contribution in [3.63, 3.8) is 0 Å². The SMILES string of the molecule is CC(CCC1CCCO1)NC(=O)Cc1csc(-c2ccoc2)n1. The number of carbonyl (C=O) groups excluding carboxylic acids is 1. The van der Waals surface area contributed by atoms with E-state index in [1.807, 2.05) is 18.4 Å². The molecule has 1 saturated heterocycles. The van der Waals surface area contributed by atoms with Gasteiger partial charge in [0.05, 0.1) is 24.5 Å². The smallest absolute Gasteiger partial charge is 0.226 e. The zero-order valence-corrected chi connectivity index (χ0v) is 14.1. The average Bonchev–Trinajstić information content (AvgIpc) is 3.26. The van der Waals surface area contributed by atoms with Crippen LogP contribution in [-0.4, -0.2) is 29.6 Å². The van der Waals surface area contributed by atoms with Crippen LogP contribution in [0.25, 0.3) is 10.6 Å². The molecule has 2 aromatic heterocycles. The minimum atomic E-state index is 0.0221. The fourth-order valence-corrected chi connectivity index (χ4v) is 3.58. The van der Waals surface area contributed by atoms with Gasteiger partial charge in [0.2, 0.25) is 5.91 Å². The quantitative estimate of drug-likeness (QED) is 0.843. The van der Waals surface area contributed by atoms with Gasteiger partial charge in [-0.25, -0.2) is 4.98 Å². The van der Waals surface area contributed by atoms with E-state index in [0.717, 1.165) is 48.6 Å². The Morgan fingerprint density at radius 3 is 3.22 bits per heavy atom. The Hall–Kier alpha value is -1.66. The van der Waals surface area contributed by atoms with Gasteiger partial charge in [0, 0.05) is 23.6 Å². The van der Waals surface area contributed by atoms with Gasteiger partial charge in [-0.2, -0.15) is 0 Å². The largest absolute Gasteiger partial charge is 0.472 e. The molecular formula is C17H22N2O3S. The predicted octanol–water partition coefficient (Wildman–Crippen LogP) is 3.41. The van der Waals surface area contributed by atoms with E-state index in [2.05, 4.69) is 10.3 Å². The molecule has 3 rings (SSSR count). The molecule has 0 aliphatic carbocycles. The number of nitrogens with one attached hydrogen (secondary N) is 1. The van der Waals surface area contributed by atoms with E-state index >= 15 is 0 Å². The van der Waals surface area contributed by atoms with Gasteiger partial charge in [-0.05, 0) is 38.7 Å². The molecule has 2 unspecified atom stereocenters. The fraction of sp³-hybridized carbons (Fsp3) is 0.529. The molecule has 1 amide bonds. The van der Waals surface area contributed by atoms with Gasteiger partial charge in [0.1, 0.15) is 11.3 Å². The van der Waals surface area contributed by atoms with Crippen molar-refractivity contribution < 1.29 is 13.9 Å². The lowest BCUT2D eigenvalue weighted by Gasteiger charge is -2.16. The number of carbonyl (C=O) groups is 1. The number of hydrogen-bond donors (Lipinski definition) is 1. The van der Waals surface area contributed by atoms with Crippen molar-refractivity contribution in [1.82, 2.24) is 10.3 Å². The maximum atomic E-state index is 12.1. The highest BCUT2D eigenvalue weighted by atomic mass is 32.1. The third-order valence-electron chi connectivity index (χ3n) is 4.01. The number of nitrogens with zero attached hydrogens (tertiary/aromatic N) is 1. The topological polar surface area (TPSA) is 64.4 Å². The number of hydrogen-bond acceptors (Lipinski definition) is 5. The molecule has 2 aromatic rings. The Labute approximate surface area is 140 Å². The van der Waals surface area contributed by atoms with E-state index < -0.39 is 0 Å². The average molecular weight is 334 g/mol. The van der Waals surface area contributed by atoms with Crippen molar-refractivity contribution in [3.8, 4) is 10.6 Å². The van der Waals surface area contributed by atoms with Crippen molar-refractivity contribution in [3.05, 3.63) is 29.7 Å². The van der Waals surface area contributed by atoms with E-state index in [9.17, 15) is 4.79 Å². The predicted molar refractivity (Wildman–Crippen MR) is 89.3 cm³/mol. The molecule has 1 aliphatic heterocycles. The lowest BCUT2D eigenvalue weighted by atomic mass is 10.1. The first-order chi connectivity index (χ1) is 11.2. The molecule has 0 bridgehead atoms. The molecule has 0 spiro atoms. The molecular weight excluding hydrogens is 312 g/mol. The van der Waals surface area contributed by atoms with Crippen LogP contribution in [0, 0.1) is 0 Å². The number of furan rings is 1. The molecule has 0 saturated carbocycles. The second kappa shape index (κ2) is 7.75. The second-order valence-corrected chi connectivity index (χ2v) is 6.87. The molecule has 0 radical (unpaired) electrons. The van der Waals surface area contributed by atoms with Crippen LogP contribution in [0.1, 0.15) is 38.3 Å². The number of thiazole rings is 1. The van der Waals surface area contributed by atoms with Crippen molar-refractivity contribution in [2.45, 2.75) is 51.2 Å². The van der Waals surface area contributed by atoms with Crippen molar-refractivity contribution in [2.75, 3.05) is 6.61 Å². The minimum Gasteiger partial charge on any atom is -0.472 e. The third-order valence-corrected chi connectivity index (χ3v) is 4.95. The molecule has 1 N–H and O–H groups in total. The highest BCUT2D eigenvalue weighted by molar-refractivity contribution is 7.13. The third kappa shape index (κ3) is 4.65. The highest BCUT2D eigenvalue weighted by Gasteiger charge is 2.17. The summed E-state index contributed by atoms with van der Waals surface area (Å²) in [6, 6.07) is 2.04. The number of rotatable bonds is 7. The lowest BCUT2D eigenvalue weighted by molar-refractivity contribution is -0.121. The Bertz CT molecular complexity index is 618. The summed E-state index contributed by atoms with van der Waals surface area (Å²) in [5.74, 6) is 0.0221. The fourth-order valence-electron chi connectivity index (χ4n) is 2.78. The minimum absolute atomic E-state index is 0.0221. The summed E-state index contributed by atoms with van der Waals surface area (Å²) >= 11 is 1.53. The summed E-state index contributed by atoms with van der Waals surface area (Å²) in [4.78, 5) is 16.6. The lowest BCUT2D eigenvalue weighted by Crippen LogP contribution is -2.34. The van der Waals surface area contributed by atoms with Gasteiger partial charge in [-0.1, -0.05) is 0 Å². The Morgan fingerprint density at radius 2 is 2.48 bits per heavy atom. The van der Waals surface area contributed by atoms with Crippen LogP contribution >= 0.6 is 11.3 Å². The molecule has 2 atom stereocenters. The standard InChI is InChI=1S/C17H22N2O3S/c1-12(4-5-15-3-2-7-22-15)18-16(20)9-14-11-23-17(19-14)13-6-8-21-10-13/h6,8,10-12,15H,2-5,7,9H2,1H3,(H,18,20). The van der Waals surface area contributed by atoms with Crippen molar-refractivity contribution in [2.24, 2.45) is 0 Å². The summed E-state index contributed by atoms with van der Waals surface area (Å²) in [5.41, 5.74) is 1.75. The molecule has 6 heteroatoms. The van der Waals surface area contributed by atoms with Gasteiger partial charge >= 0.3 is 0 Å². The number of amides is 1. The van der Waals surface area contributed by atoms with Crippen LogP contribution in [-0.2, 0) is 16.0 Å².